The van der Waals surface area contributed by atoms with Gasteiger partial charge in [0.15, 0.2) is 0 Å². The molecule has 0 rings (SSSR count). The molecule has 5 nitrogen and oxygen atoms in total. The summed E-state index contributed by atoms with van der Waals surface area (Å²) in [6.45, 7) is -0.250. The molecule has 0 fully saturated rings. The van der Waals surface area contributed by atoms with Gasteiger partial charge in [0.1, 0.15) is 0 Å². The quantitative estimate of drug-likeness (QED) is 0.421. The molecule has 60 valence electrons. The second-order valence-electron chi connectivity index (χ2n) is 0.515. The third-order valence-electron chi connectivity index (χ3n) is 0.1000. The Bertz CT molecular complexity index is 54.5. The monoisotopic (exact) mass is 277 g/mol. The van der Waals surface area contributed by atoms with Gasteiger partial charge >= 0.3 is 27.1 Å². The van der Waals surface area contributed by atoms with Crippen molar-refractivity contribution in [3.05, 3.63) is 0 Å². The Morgan fingerprint density at radius 2 is 1.22 bits per heavy atom. The summed E-state index contributed by atoms with van der Waals surface area (Å²) in [5.74, 6) is 0. The van der Waals surface area contributed by atoms with Gasteiger partial charge in [0.2, 0.25) is 0 Å². The Labute approximate surface area is 69.3 Å². The second kappa shape index (κ2) is 38.6. The molecule has 7 heteroatoms. The van der Waals surface area contributed by atoms with Gasteiger partial charge in [-0.05, 0) is 0 Å². The average molecular weight is 275 g/mol. The summed E-state index contributed by atoms with van der Waals surface area (Å²) in [7, 11) is 0. The minimum absolute atomic E-state index is 0. The first-order valence-corrected chi connectivity index (χ1v) is 3.37. The van der Waals surface area contributed by atoms with Crippen LogP contribution in [0.5, 0.6) is 0 Å². The van der Waals surface area contributed by atoms with Crippen LogP contribution in [0.3, 0.4) is 0 Å². The van der Waals surface area contributed by atoms with Crippen molar-refractivity contribution in [3.8, 4) is 0 Å². The van der Waals surface area contributed by atoms with E-state index in [2.05, 4.69) is 0 Å². The van der Waals surface area contributed by atoms with Crippen LogP contribution < -0.4 is 18.6 Å². The maximum Gasteiger partial charge on any atom is 0.0662 e. The number of halogens is 1. The SMILES string of the molecule is O=[Te]=O.OCCO.[Cl-].[NH4+]. The molecule has 0 amide bonds. The van der Waals surface area contributed by atoms with E-state index < -0.39 is 20.9 Å². The molecule has 0 aromatic rings. The fraction of sp³-hybridized carbons (Fsp3) is 1.00. The molecule has 0 saturated heterocycles. The van der Waals surface area contributed by atoms with Crippen LogP contribution in [0.25, 0.3) is 0 Å². The maximum absolute atomic E-state index is 8.50. The fourth-order valence-electron chi connectivity index (χ4n) is 0. The normalized spacial score (nSPS) is 4.67. The van der Waals surface area contributed by atoms with E-state index in [4.69, 9.17) is 16.4 Å². The van der Waals surface area contributed by atoms with Crippen molar-refractivity contribution < 1.29 is 28.8 Å². The number of quaternary nitrogens is 1. The molecule has 0 aliphatic carbocycles. The summed E-state index contributed by atoms with van der Waals surface area (Å²) in [6, 6.07) is 0. The predicted molar refractivity (Wildman–Crippen MR) is 27.3 cm³/mol. The summed E-state index contributed by atoms with van der Waals surface area (Å²) < 4.78 is 17.0. The molecule has 0 bridgehead atoms. The van der Waals surface area contributed by atoms with E-state index in [0.29, 0.717) is 0 Å². The zero-order valence-corrected chi connectivity index (χ0v) is 8.00. The topological polar surface area (TPSA) is 111 Å². The predicted octanol–water partition coefficient (Wildman–Crippen LogP) is -4.27. The largest absolute Gasteiger partial charge is 1.00 e. The Morgan fingerprint density at radius 3 is 1.22 bits per heavy atom. The molecule has 0 heterocycles. The molecule has 0 aliphatic rings. The standard InChI is InChI=1S/C2H6O2.ClH.H3N.O2Te/c3-1-2-4;;;1-3-2/h3-4H,1-2H2;1H;1H3;. The Morgan fingerprint density at radius 1 is 1.11 bits per heavy atom. The van der Waals surface area contributed by atoms with Gasteiger partial charge in [-0.25, -0.2) is 0 Å². The Balaban J connectivity index is -0.0000000233. The molecule has 6 N–H and O–H groups in total. The van der Waals surface area contributed by atoms with Crippen molar-refractivity contribution in [2.45, 2.75) is 0 Å². The van der Waals surface area contributed by atoms with Gasteiger partial charge in [-0.15, -0.1) is 0 Å². The summed E-state index contributed by atoms with van der Waals surface area (Å²) in [5, 5.41) is 15.2. The van der Waals surface area contributed by atoms with Crippen molar-refractivity contribution >= 4 is 20.9 Å². The third kappa shape index (κ3) is 151. The first-order valence-electron chi connectivity index (χ1n) is 1.47. The van der Waals surface area contributed by atoms with E-state index in [1.807, 2.05) is 0 Å². The summed E-state index contributed by atoms with van der Waals surface area (Å²) in [5.41, 5.74) is 0. The molecule has 0 radical (unpaired) electrons. The van der Waals surface area contributed by atoms with E-state index in [-0.39, 0.29) is 31.8 Å². The minimum Gasteiger partial charge on any atom is -1.00 e. The van der Waals surface area contributed by atoms with Crippen LogP contribution in [0, 0.1) is 0 Å². The average Bonchev–Trinajstić information content (AvgIpc) is 1.69. The van der Waals surface area contributed by atoms with E-state index in [1.54, 1.807) is 0 Å². The van der Waals surface area contributed by atoms with Crippen LogP contribution in [0.1, 0.15) is 0 Å². The molecule has 0 saturated carbocycles. The van der Waals surface area contributed by atoms with Crippen molar-refractivity contribution in [1.82, 2.24) is 6.15 Å². The molecule has 9 heavy (non-hydrogen) atoms. The molecule has 0 aliphatic heterocycles. The molecule has 0 aromatic carbocycles. The number of aliphatic hydroxyl groups is 2. The van der Waals surface area contributed by atoms with E-state index in [1.165, 1.54) is 0 Å². The molecule has 0 unspecified atom stereocenters. The van der Waals surface area contributed by atoms with E-state index >= 15 is 0 Å². The molecular weight excluding hydrogens is 265 g/mol. The van der Waals surface area contributed by atoms with Gasteiger partial charge in [-0.1, -0.05) is 0 Å². The van der Waals surface area contributed by atoms with Gasteiger partial charge in [0.25, 0.3) is 0 Å². The van der Waals surface area contributed by atoms with Crippen molar-refractivity contribution in [2.75, 3.05) is 13.2 Å². The van der Waals surface area contributed by atoms with E-state index in [9.17, 15) is 0 Å². The smallest absolute Gasteiger partial charge is 0.0662 e. The zero-order valence-electron chi connectivity index (χ0n) is 4.91. The van der Waals surface area contributed by atoms with Crippen LogP contribution in [0.4, 0.5) is 0 Å². The summed E-state index contributed by atoms with van der Waals surface area (Å²) in [4.78, 5) is 0. The Hall–Kier alpha value is 0.560. The van der Waals surface area contributed by atoms with Crippen molar-refractivity contribution in [2.24, 2.45) is 0 Å². The Kier molecular flexibility index (Phi) is 97.2. The zero-order chi connectivity index (χ0) is 6.12. The molecule has 0 spiro atoms. The van der Waals surface area contributed by atoms with Crippen molar-refractivity contribution in [3.63, 3.8) is 0 Å². The van der Waals surface area contributed by atoms with Crippen LogP contribution in [0.2, 0.25) is 0 Å². The maximum atomic E-state index is 8.50. The van der Waals surface area contributed by atoms with Gasteiger partial charge < -0.3 is 28.8 Å². The van der Waals surface area contributed by atoms with E-state index in [0.717, 1.165) is 0 Å². The second-order valence-corrected chi connectivity index (χ2v) is 0.904. The van der Waals surface area contributed by atoms with Crippen LogP contribution in [-0.2, 0) is 6.21 Å². The van der Waals surface area contributed by atoms with Crippen LogP contribution in [-0.4, -0.2) is 44.3 Å². The van der Waals surface area contributed by atoms with Gasteiger partial charge in [0.05, 0.1) is 13.2 Å². The van der Waals surface area contributed by atoms with Crippen LogP contribution >= 0.6 is 0 Å². The van der Waals surface area contributed by atoms with Crippen molar-refractivity contribution in [1.29, 1.82) is 0 Å². The molecule has 0 aromatic heterocycles. The number of hydrogen-bond donors (Lipinski definition) is 3. The third-order valence-corrected chi connectivity index (χ3v) is 0.1000. The van der Waals surface area contributed by atoms with Gasteiger partial charge in [-0.3, -0.25) is 0 Å². The summed E-state index contributed by atoms with van der Waals surface area (Å²) >= 11 is -2.03. The minimum atomic E-state index is -2.03. The first-order chi connectivity index (χ1) is 3.33. The van der Waals surface area contributed by atoms with Gasteiger partial charge in [-0.2, -0.15) is 0 Å². The first kappa shape index (κ1) is 22.7. The number of rotatable bonds is 1. The molecular formula is C2H10ClNO4Te. The fourth-order valence-corrected chi connectivity index (χ4v) is 0. The molecule has 0 atom stereocenters. The summed E-state index contributed by atoms with van der Waals surface area (Å²) in [6.07, 6.45) is 0. The number of hydrogen-bond acceptors (Lipinski definition) is 4. The van der Waals surface area contributed by atoms with Crippen LogP contribution in [0.15, 0.2) is 0 Å². The van der Waals surface area contributed by atoms with Gasteiger partial charge in [0, 0.05) is 0 Å². The number of aliphatic hydroxyl groups excluding tert-OH is 2.